The fraction of sp³-hybridized carbons (Fsp3) is 0.875. The van der Waals surface area contributed by atoms with Gasteiger partial charge in [-0.3, -0.25) is 9.79 Å². The van der Waals surface area contributed by atoms with Crippen LogP contribution < -0.4 is 10.6 Å². The summed E-state index contributed by atoms with van der Waals surface area (Å²) in [6, 6.07) is -0.155. The highest BCUT2D eigenvalue weighted by Gasteiger charge is 2.50. The molecule has 0 aromatic carbocycles. The Balaban J connectivity index is 0.00000420. The first-order chi connectivity index (χ1) is 13.1. The maximum atomic E-state index is 12.6. The van der Waals surface area contributed by atoms with E-state index in [1.807, 2.05) is 11.8 Å². The first-order valence-electron chi connectivity index (χ1n) is 9.54. The van der Waals surface area contributed by atoms with Gasteiger partial charge in [0, 0.05) is 51.7 Å². The van der Waals surface area contributed by atoms with Gasteiger partial charge in [0.1, 0.15) is 0 Å². The highest BCUT2D eigenvalue weighted by Crippen LogP contribution is 2.28. The number of amides is 1. The summed E-state index contributed by atoms with van der Waals surface area (Å²) in [6.45, 7) is 4.12. The van der Waals surface area contributed by atoms with Crippen LogP contribution in [0.2, 0.25) is 0 Å². The summed E-state index contributed by atoms with van der Waals surface area (Å²) in [4.78, 5) is 17.8. The Morgan fingerprint density at radius 1 is 1.24 bits per heavy atom. The van der Waals surface area contributed by atoms with E-state index in [2.05, 4.69) is 15.6 Å². The largest absolute Gasteiger partial charge is 0.511 e. The van der Waals surface area contributed by atoms with Crippen molar-refractivity contribution in [3.05, 3.63) is 0 Å². The first kappa shape index (κ1) is 26.2. The normalized spacial score (nSPS) is 19.9. The Bertz CT molecular complexity index is 667. The molecule has 8 nitrogen and oxygen atoms in total. The van der Waals surface area contributed by atoms with Crippen LogP contribution in [0.3, 0.4) is 0 Å². The summed E-state index contributed by atoms with van der Waals surface area (Å²) in [6.07, 6.45) is 2.76. The van der Waals surface area contributed by atoms with Gasteiger partial charge in [-0.15, -0.1) is 24.0 Å². The Hall–Kier alpha value is -0.830. The van der Waals surface area contributed by atoms with Crippen LogP contribution in [0, 0.1) is 0 Å². The van der Waals surface area contributed by atoms with Crippen molar-refractivity contribution >= 4 is 45.9 Å². The summed E-state index contributed by atoms with van der Waals surface area (Å²) in [5.41, 5.74) is -5.26. The van der Waals surface area contributed by atoms with Crippen LogP contribution in [0.1, 0.15) is 39.0 Å². The summed E-state index contributed by atoms with van der Waals surface area (Å²) in [7, 11) is -5.26. The number of nitrogens with one attached hydrogen (secondary N) is 2. The predicted octanol–water partition coefficient (Wildman–Crippen LogP) is 1.49. The number of nitrogens with zero attached hydrogens (tertiary/aromatic N) is 3. The van der Waals surface area contributed by atoms with Gasteiger partial charge < -0.3 is 15.5 Å². The molecule has 0 aromatic heterocycles. The van der Waals surface area contributed by atoms with E-state index >= 15 is 0 Å². The fourth-order valence-electron chi connectivity index (χ4n) is 3.29. The molecule has 2 heterocycles. The quantitative estimate of drug-likeness (QED) is 0.215. The van der Waals surface area contributed by atoms with E-state index in [1.165, 1.54) is 0 Å². The molecule has 2 aliphatic rings. The maximum absolute atomic E-state index is 12.6. The minimum Gasteiger partial charge on any atom is -0.357 e. The molecule has 0 unspecified atom stereocenters. The second-order valence-electron chi connectivity index (χ2n) is 6.87. The minimum atomic E-state index is -5.26. The second kappa shape index (κ2) is 11.5. The molecule has 170 valence electrons. The number of aliphatic imine (C=N–C) groups is 1. The van der Waals surface area contributed by atoms with Crippen LogP contribution in [0.15, 0.2) is 4.99 Å². The molecule has 0 spiro atoms. The van der Waals surface area contributed by atoms with Crippen molar-refractivity contribution in [3.63, 3.8) is 0 Å². The van der Waals surface area contributed by atoms with Crippen LogP contribution in [-0.4, -0.2) is 80.3 Å². The molecular formula is C16H29F3IN5O3S. The number of halogens is 4. The molecule has 0 radical (unpaired) electrons. The van der Waals surface area contributed by atoms with E-state index in [1.54, 1.807) is 0 Å². The molecule has 2 saturated heterocycles. The summed E-state index contributed by atoms with van der Waals surface area (Å²) in [5, 5.41) is 6.24. The van der Waals surface area contributed by atoms with Crippen LogP contribution in [0.25, 0.3) is 0 Å². The van der Waals surface area contributed by atoms with Gasteiger partial charge in [-0.2, -0.15) is 17.5 Å². The zero-order valence-electron chi connectivity index (χ0n) is 16.4. The molecule has 2 rings (SSSR count). The molecule has 0 saturated carbocycles. The van der Waals surface area contributed by atoms with Crippen molar-refractivity contribution < 1.29 is 26.4 Å². The van der Waals surface area contributed by atoms with Gasteiger partial charge in [-0.25, -0.2) is 8.42 Å². The van der Waals surface area contributed by atoms with Crippen LogP contribution in [0.5, 0.6) is 0 Å². The van der Waals surface area contributed by atoms with Gasteiger partial charge in [-0.05, 0) is 32.6 Å². The number of guanidine groups is 1. The lowest BCUT2D eigenvalue weighted by Gasteiger charge is -2.32. The van der Waals surface area contributed by atoms with Crippen LogP contribution >= 0.6 is 24.0 Å². The Morgan fingerprint density at radius 3 is 2.41 bits per heavy atom. The van der Waals surface area contributed by atoms with Crippen LogP contribution in [-0.2, 0) is 14.8 Å². The SMILES string of the molecule is CCNC(=NCCCN1CCCC1=O)NC1CCN(S(=O)(=O)C(F)(F)F)CC1.I. The number of piperidine rings is 1. The highest BCUT2D eigenvalue weighted by atomic mass is 127. The number of carbonyl (C=O) groups excluding carboxylic acids is 1. The average Bonchev–Trinajstić information content (AvgIpc) is 3.03. The number of sulfonamides is 1. The third-order valence-electron chi connectivity index (χ3n) is 4.80. The van der Waals surface area contributed by atoms with Gasteiger partial charge >= 0.3 is 15.5 Å². The summed E-state index contributed by atoms with van der Waals surface area (Å²) >= 11 is 0. The van der Waals surface area contributed by atoms with E-state index in [-0.39, 0.29) is 61.9 Å². The van der Waals surface area contributed by atoms with Crippen LogP contribution in [0.4, 0.5) is 13.2 Å². The summed E-state index contributed by atoms with van der Waals surface area (Å²) in [5.74, 6) is 0.724. The topological polar surface area (TPSA) is 94.1 Å². The van der Waals surface area contributed by atoms with E-state index in [9.17, 15) is 26.4 Å². The van der Waals surface area contributed by atoms with Crippen molar-refractivity contribution in [2.75, 3.05) is 39.3 Å². The van der Waals surface area contributed by atoms with Crippen molar-refractivity contribution in [1.82, 2.24) is 19.8 Å². The number of alkyl halides is 3. The van der Waals surface area contributed by atoms with Gasteiger partial charge in [-0.1, -0.05) is 0 Å². The Kier molecular flexibility index (Phi) is 10.4. The lowest BCUT2D eigenvalue weighted by Crippen LogP contribution is -2.51. The van der Waals surface area contributed by atoms with Gasteiger partial charge in [0.2, 0.25) is 5.91 Å². The number of hydrogen-bond acceptors (Lipinski definition) is 4. The van der Waals surface area contributed by atoms with E-state index < -0.39 is 15.5 Å². The minimum absolute atomic E-state index is 0. The molecule has 29 heavy (non-hydrogen) atoms. The smallest absolute Gasteiger partial charge is 0.357 e. The molecule has 0 aromatic rings. The van der Waals surface area contributed by atoms with Crippen molar-refractivity contribution in [2.24, 2.45) is 4.99 Å². The fourth-order valence-corrected chi connectivity index (χ4v) is 4.28. The molecule has 0 aliphatic carbocycles. The highest BCUT2D eigenvalue weighted by molar-refractivity contribution is 14.0. The molecule has 2 fully saturated rings. The number of hydrogen-bond donors (Lipinski definition) is 2. The molecule has 1 amide bonds. The lowest BCUT2D eigenvalue weighted by atomic mass is 10.1. The Labute approximate surface area is 186 Å². The average molecular weight is 555 g/mol. The third-order valence-corrected chi connectivity index (χ3v) is 6.43. The monoisotopic (exact) mass is 555 g/mol. The van der Waals surface area contributed by atoms with E-state index in [0.29, 0.717) is 36.3 Å². The third kappa shape index (κ3) is 7.42. The first-order valence-corrected chi connectivity index (χ1v) is 11.0. The van der Waals surface area contributed by atoms with Crippen molar-refractivity contribution in [3.8, 4) is 0 Å². The van der Waals surface area contributed by atoms with E-state index in [0.717, 1.165) is 19.4 Å². The predicted molar refractivity (Wildman–Crippen MR) is 115 cm³/mol. The maximum Gasteiger partial charge on any atom is 0.511 e. The standard InChI is InChI=1S/C16H28F3N5O3S.HI/c1-2-20-15(21-8-4-10-23-9-3-5-14(23)25)22-13-6-11-24(12-7-13)28(26,27)16(17,18)19;/h13H,2-12H2,1H3,(H2,20,21,22);1H. The number of likely N-dealkylation sites (tertiary alicyclic amines) is 1. The molecule has 13 heteroatoms. The van der Waals surface area contributed by atoms with Gasteiger partial charge in [0.15, 0.2) is 5.96 Å². The lowest BCUT2D eigenvalue weighted by molar-refractivity contribution is -0.127. The number of rotatable bonds is 7. The van der Waals surface area contributed by atoms with Crippen molar-refractivity contribution in [1.29, 1.82) is 0 Å². The zero-order chi connectivity index (χ0) is 20.8. The van der Waals surface area contributed by atoms with Gasteiger partial charge in [0.25, 0.3) is 0 Å². The molecule has 0 bridgehead atoms. The van der Waals surface area contributed by atoms with Gasteiger partial charge in [0.05, 0.1) is 0 Å². The molecular weight excluding hydrogens is 526 g/mol. The number of carbonyl (C=O) groups is 1. The zero-order valence-corrected chi connectivity index (χ0v) is 19.5. The molecule has 2 aliphatic heterocycles. The second-order valence-corrected chi connectivity index (χ2v) is 8.80. The Morgan fingerprint density at radius 2 is 1.90 bits per heavy atom. The van der Waals surface area contributed by atoms with Crippen molar-refractivity contribution in [2.45, 2.75) is 50.6 Å². The van der Waals surface area contributed by atoms with E-state index in [4.69, 9.17) is 0 Å². The molecule has 0 atom stereocenters. The molecule has 2 N–H and O–H groups in total. The summed E-state index contributed by atoms with van der Waals surface area (Å²) < 4.78 is 61.3.